The average molecular weight is 527 g/mol. The second kappa shape index (κ2) is 16.8. The summed E-state index contributed by atoms with van der Waals surface area (Å²) in [5, 5.41) is 28.2. The van der Waals surface area contributed by atoms with Gasteiger partial charge in [0.2, 0.25) is 0 Å². The zero-order valence-electron chi connectivity index (χ0n) is 21.1. The Morgan fingerprint density at radius 3 is 1.58 bits per heavy atom. The van der Waals surface area contributed by atoms with Crippen LogP contribution in [0.15, 0.2) is 48.5 Å². The fraction of sp³-hybridized carbons (Fsp3) is 0.556. The normalized spacial score (nSPS) is 13.4. The van der Waals surface area contributed by atoms with E-state index in [9.17, 15) is 10.2 Å². The van der Waals surface area contributed by atoms with E-state index in [4.69, 9.17) is 40.4 Å². The van der Waals surface area contributed by atoms with Gasteiger partial charge in [-0.25, -0.2) is 0 Å². The molecule has 3 N–H and O–H groups in total. The first-order chi connectivity index (χ1) is 17.4. The van der Waals surface area contributed by atoms with Crippen molar-refractivity contribution < 1.29 is 39.0 Å². The highest BCUT2D eigenvalue weighted by Gasteiger charge is 2.23. The quantitative estimate of drug-likeness (QED) is 0.189. The summed E-state index contributed by atoms with van der Waals surface area (Å²) in [6, 6.07) is 15.6. The molecule has 0 fully saturated rings. The molecule has 0 aromatic heterocycles. The minimum Gasteiger partial charge on any atom is -0.491 e. The van der Waals surface area contributed by atoms with Crippen LogP contribution in [0.2, 0.25) is 0 Å². The van der Waals surface area contributed by atoms with Crippen molar-refractivity contribution in [1.82, 2.24) is 0 Å². The van der Waals surface area contributed by atoms with E-state index in [0.29, 0.717) is 44.5 Å². The van der Waals surface area contributed by atoms with Crippen molar-refractivity contribution in [2.24, 2.45) is 0 Å². The average Bonchev–Trinajstić information content (AvgIpc) is 2.90. The number of hydrogen-bond donors (Lipinski definition) is 3. The lowest BCUT2D eigenvalue weighted by atomic mass is 9.78. The number of benzene rings is 2. The van der Waals surface area contributed by atoms with E-state index >= 15 is 0 Å². The third-order valence-electron chi connectivity index (χ3n) is 5.50. The van der Waals surface area contributed by atoms with Gasteiger partial charge in [-0.15, -0.1) is 11.6 Å². The highest BCUT2D eigenvalue weighted by molar-refractivity contribution is 6.18. The van der Waals surface area contributed by atoms with Crippen LogP contribution < -0.4 is 9.47 Å². The summed E-state index contributed by atoms with van der Waals surface area (Å²) < 4.78 is 27.1. The molecule has 2 atom stereocenters. The van der Waals surface area contributed by atoms with Crippen LogP contribution in [0, 0.1) is 0 Å². The molecule has 0 spiro atoms. The van der Waals surface area contributed by atoms with Crippen molar-refractivity contribution in [3.8, 4) is 11.5 Å². The Kier molecular flexibility index (Phi) is 14.1. The molecule has 0 bridgehead atoms. The summed E-state index contributed by atoms with van der Waals surface area (Å²) in [5.41, 5.74) is 2.00. The maximum absolute atomic E-state index is 10.1. The lowest BCUT2D eigenvalue weighted by Crippen LogP contribution is -2.24. The number of alkyl halides is 1. The van der Waals surface area contributed by atoms with Crippen LogP contribution in [0.4, 0.5) is 0 Å². The molecule has 36 heavy (non-hydrogen) atoms. The van der Waals surface area contributed by atoms with E-state index in [2.05, 4.69) is 13.8 Å². The summed E-state index contributed by atoms with van der Waals surface area (Å²) in [6.45, 7) is 6.65. The summed E-state index contributed by atoms with van der Waals surface area (Å²) in [5.74, 6) is 1.49. The van der Waals surface area contributed by atoms with E-state index in [1.54, 1.807) is 0 Å². The molecular formula is C27H39ClO8. The summed E-state index contributed by atoms with van der Waals surface area (Å²) in [7, 11) is 0. The number of aliphatic hydroxyl groups excluding tert-OH is 3. The second-order valence-corrected chi connectivity index (χ2v) is 9.09. The largest absolute Gasteiger partial charge is 0.491 e. The van der Waals surface area contributed by atoms with Crippen LogP contribution in [0.25, 0.3) is 0 Å². The zero-order valence-corrected chi connectivity index (χ0v) is 21.9. The molecule has 0 heterocycles. The van der Waals surface area contributed by atoms with Crippen LogP contribution in [-0.2, 0) is 19.6 Å². The number of halogens is 1. The molecule has 0 amide bonds. The maximum atomic E-state index is 10.1. The minimum atomic E-state index is -0.750. The monoisotopic (exact) mass is 526 g/mol. The molecule has 2 aromatic rings. The topological polar surface area (TPSA) is 107 Å². The number of hydrogen-bond acceptors (Lipinski definition) is 8. The van der Waals surface area contributed by atoms with Crippen LogP contribution >= 0.6 is 11.6 Å². The molecule has 2 rings (SSSR count). The Morgan fingerprint density at radius 2 is 1.11 bits per heavy atom. The van der Waals surface area contributed by atoms with Crippen molar-refractivity contribution in [3.05, 3.63) is 59.7 Å². The molecular weight excluding hydrogens is 488 g/mol. The number of rotatable bonds is 19. The highest BCUT2D eigenvalue weighted by Crippen LogP contribution is 2.33. The molecule has 8 nitrogen and oxygen atoms in total. The predicted molar refractivity (Wildman–Crippen MR) is 138 cm³/mol. The summed E-state index contributed by atoms with van der Waals surface area (Å²) in [4.78, 5) is 0. The van der Waals surface area contributed by atoms with Gasteiger partial charge < -0.3 is 39.0 Å². The molecule has 0 radical (unpaired) electrons. The van der Waals surface area contributed by atoms with Gasteiger partial charge in [0.15, 0.2) is 0 Å². The van der Waals surface area contributed by atoms with Gasteiger partial charge in [0.05, 0.1) is 52.1 Å². The minimum absolute atomic E-state index is 0.000278. The summed E-state index contributed by atoms with van der Waals surface area (Å²) in [6.07, 6.45) is -1.44. The standard InChI is InChI=1S/C27H39ClO8/c1-27(2,21-3-7-25(8-4-21)35-19-23(30)17-28)22-5-9-26(10-6-22)36-20-24(31)18-34-16-15-33-14-13-32-12-11-29/h3-10,23-24,29-31H,11-20H2,1-2H3/t23-,24-/m1/s1. The number of ether oxygens (including phenoxy) is 5. The third kappa shape index (κ3) is 11.0. The van der Waals surface area contributed by atoms with Crippen LogP contribution in [0.1, 0.15) is 25.0 Å². The first-order valence-electron chi connectivity index (χ1n) is 12.1. The van der Waals surface area contributed by atoms with Gasteiger partial charge >= 0.3 is 0 Å². The number of aliphatic hydroxyl groups is 3. The van der Waals surface area contributed by atoms with E-state index in [1.807, 2.05) is 48.5 Å². The van der Waals surface area contributed by atoms with E-state index in [-0.39, 0.29) is 37.7 Å². The van der Waals surface area contributed by atoms with E-state index in [0.717, 1.165) is 11.1 Å². The maximum Gasteiger partial charge on any atom is 0.119 e. The van der Waals surface area contributed by atoms with Crippen molar-refractivity contribution in [1.29, 1.82) is 0 Å². The lowest BCUT2D eigenvalue weighted by Gasteiger charge is -2.26. The molecule has 0 aliphatic carbocycles. The molecule has 0 saturated carbocycles. The second-order valence-electron chi connectivity index (χ2n) is 8.78. The Hall–Kier alpha value is -1.91. The van der Waals surface area contributed by atoms with Gasteiger partial charge in [-0.2, -0.15) is 0 Å². The van der Waals surface area contributed by atoms with Gasteiger partial charge in [0, 0.05) is 5.41 Å². The first kappa shape index (κ1) is 30.3. The molecule has 0 aliphatic rings. The van der Waals surface area contributed by atoms with Gasteiger partial charge in [0.25, 0.3) is 0 Å². The zero-order chi connectivity index (χ0) is 26.2. The Balaban J connectivity index is 1.72. The van der Waals surface area contributed by atoms with Crippen LogP contribution in [0.5, 0.6) is 11.5 Å². The third-order valence-corrected chi connectivity index (χ3v) is 5.86. The van der Waals surface area contributed by atoms with Crippen LogP contribution in [-0.4, -0.2) is 92.9 Å². The molecule has 0 unspecified atom stereocenters. The molecule has 9 heteroatoms. The molecule has 2 aromatic carbocycles. The van der Waals surface area contributed by atoms with Crippen molar-refractivity contribution in [2.45, 2.75) is 31.5 Å². The van der Waals surface area contributed by atoms with Crippen LogP contribution in [0.3, 0.4) is 0 Å². The van der Waals surface area contributed by atoms with E-state index in [1.165, 1.54) is 0 Å². The van der Waals surface area contributed by atoms with Gasteiger partial charge in [-0.3, -0.25) is 0 Å². The Bertz CT molecular complexity index is 829. The predicted octanol–water partition coefficient (Wildman–Crippen LogP) is 2.77. The highest BCUT2D eigenvalue weighted by atomic mass is 35.5. The molecule has 0 aliphatic heterocycles. The van der Waals surface area contributed by atoms with Crippen molar-refractivity contribution in [3.63, 3.8) is 0 Å². The fourth-order valence-corrected chi connectivity index (χ4v) is 3.39. The smallest absolute Gasteiger partial charge is 0.119 e. The fourth-order valence-electron chi connectivity index (χ4n) is 3.30. The summed E-state index contributed by atoms with van der Waals surface area (Å²) >= 11 is 5.60. The Labute approximate surface area is 218 Å². The molecule has 202 valence electrons. The van der Waals surface area contributed by atoms with Gasteiger partial charge in [-0.1, -0.05) is 38.1 Å². The molecule has 0 saturated heterocycles. The van der Waals surface area contributed by atoms with E-state index < -0.39 is 12.2 Å². The van der Waals surface area contributed by atoms with Crippen molar-refractivity contribution in [2.75, 3.05) is 65.3 Å². The van der Waals surface area contributed by atoms with Gasteiger partial charge in [0.1, 0.15) is 36.9 Å². The SMILES string of the molecule is CC(C)(c1ccc(OC[C@H](O)CCl)cc1)c1ccc(OC[C@H](O)COCCOCCOCCO)cc1. The van der Waals surface area contributed by atoms with Crippen molar-refractivity contribution >= 4 is 11.6 Å². The first-order valence-corrected chi connectivity index (χ1v) is 12.6. The van der Waals surface area contributed by atoms with Gasteiger partial charge in [-0.05, 0) is 35.4 Å². The lowest BCUT2D eigenvalue weighted by molar-refractivity contribution is -0.0217. The Morgan fingerprint density at radius 1 is 0.667 bits per heavy atom.